The SMILES string of the molecule is Cc1nc(C(C)C)sc1C(=O)Nc1c(-c2ccc(Br)cc2)c(C)nn1C. The fraction of sp³-hybridized carbons (Fsp3) is 0.316. The van der Waals surface area contributed by atoms with Gasteiger partial charge in [-0.1, -0.05) is 41.9 Å². The molecule has 3 rings (SSSR count). The largest absolute Gasteiger partial charge is 0.305 e. The monoisotopic (exact) mass is 432 g/mol. The van der Waals surface area contributed by atoms with Gasteiger partial charge in [-0.05, 0) is 31.5 Å². The molecule has 0 aliphatic carbocycles. The predicted molar refractivity (Wildman–Crippen MR) is 110 cm³/mol. The minimum absolute atomic E-state index is 0.145. The van der Waals surface area contributed by atoms with Gasteiger partial charge in [0.2, 0.25) is 0 Å². The van der Waals surface area contributed by atoms with Gasteiger partial charge >= 0.3 is 0 Å². The Bertz CT molecular complexity index is 957. The van der Waals surface area contributed by atoms with Crippen LogP contribution in [0.3, 0.4) is 0 Å². The molecule has 0 saturated carbocycles. The van der Waals surface area contributed by atoms with E-state index in [4.69, 9.17) is 0 Å². The summed E-state index contributed by atoms with van der Waals surface area (Å²) in [6.45, 7) is 7.98. The van der Waals surface area contributed by atoms with Crippen LogP contribution < -0.4 is 5.32 Å². The maximum Gasteiger partial charge on any atom is 0.268 e. The smallest absolute Gasteiger partial charge is 0.268 e. The minimum Gasteiger partial charge on any atom is -0.305 e. The molecule has 3 aromatic rings. The highest BCUT2D eigenvalue weighted by molar-refractivity contribution is 9.10. The van der Waals surface area contributed by atoms with Gasteiger partial charge in [0, 0.05) is 23.0 Å². The Kier molecular flexibility index (Phi) is 5.29. The summed E-state index contributed by atoms with van der Waals surface area (Å²) in [5, 5.41) is 8.51. The number of halogens is 1. The summed E-state index contributed by atoms with van der Waals surface area (Å²) in [7, 11) is 1.84. The number of aromatic nitrogens is 3. The number of hydrogen-bond donors (Lipinski definition) is 1. The number of nitrogens with zero attached hydrogens (tertiary/aromatic N) is 3. The van der Waals surface area contributed by atoms with Crippen LogP contribution >= 0.6 is 27.3 Å². The molecular weight excluding hydrogens is 412 g/mol. The summed E-state index contributed by atoms with van der Waals surface area (Å²) in [6.07, 6.45) is 0. The van der Waals surface area contributed by atoms with Gasteiger partial charge in [-0.3, -0.25) is 9.48 Å². The molecule has 0 aliphatic heterocycles. The van der Waals surface area contributed by atoms with Crippen molar-refractivity contribution in [2.45, 2.75) is 33.6 Å². The van der Waals surface area contributed by atoms with Crippen molar-refractivity contribution in [3.8, 4) is 11.1 Å². The average Bonchev–Trinajstić information content (AvgIpc) is 3.09. The Hall–Kier alpha value is -1.99. The number of nitrogens with one attached hydrogen (secondary N) is 1. The number of carbonyl (C=O) groups is 1. The summed E-state index contributed by atoms with van der Waals surface area (Å²) < 4.78 is 2.72. The molecule has 0 bridgehead atoms. The molecule has 136 valence electrons. The van der Waals surface area contributed by atoms with E-state index >= 15 is 0 Å². The van der Waals surface area contributed by atoms with E-state index in [0.717, 1.165) is 32.0 Å². The lowest BCUT2D eigenvalue weighted by Crippen LogP contribution is -2.15. The van der Waals surface area contributed by atoms with Gasteiger partial charge in [0.1, 0.15) is 10.7 Å². The minimum atomic E-state index is -0.145. The number of amides is 1. The number of carbonyl (C=O) groups excluding carboxylic acids is 1. The third-order valence-electron chi connectivity index (χ3n) is 4.10. The third-order valence-corrected chi connectivity index (χ3v) is 6.09. The van der Waals surface area contributed by atoms with Crippen molar-refractivity contribution in [3.05, 3.63) is 50.0 Å². The molecule has 1 N–H and O–H groups in total. The van der Waals surface area contributed by atoms with Crippen LogP contribution in [0.15, 0.2) is 28.7 Å². The van der Waals surface area contributed by atoms with E-state index in [1.54, 1.807) is 4.68 Å². The Balaban J connectivity index is 1.98. The van der Waals surface area contributed by atoms with Gasteiger partial charge in [0.25, 0.3) is 5.91 Å². The first-order valence-corrected chi connectivity index (χ1v) is 9.97. The van der Waals surface area contributed by atoms with Crippen LogP contribution in [-0.2, 0) is 7.05 Å². The molecule has 26 heavy (non-hydrogen) atoms. The van der Waals surface area contributed by atoms with Crippen molar-refractivity contribution >= 4 is 39.0 Å². The zero-order valence-electron chi connectivity index (χ0n) is 15.4. The first-order chi connectivity index (χ1) is 12.3. The quantitative estimate of drug-likeness (QED) is 0.608. The molecule has 0 fully saturated rings. The molecule has 2 aromatic heterocycles. The van der Waals surface area contributed by atoms with E-state index in [0.29, 0.717) is 16.6 Å². The van der Waals surface area contributed by atoms with Gasteiger partial charge < -0.3 is 5.32 Å². The van der Waals surface area contributed by atoms with Gasteiger partial charge in [-0.2, -0.15) is 5.10 Å². The molecule has 2 heterocycles. The number of thiazole rings is 1. The lowest BCUT2D eigenvalue weighted by atomic mass is 10.1. The van der Waals surface area contributed by atoms with Crippen molar-refractivity contribution in [1.82, 2.24) is 14.8 Å². The maximum absolute atomic E-state index is 12.9. The lowest BCUT2D eigenvalue weighted by molar-refractivity contribution is 0.102. The zero-order valence-corrected chi connectivity index (χ0v) is 17.8. The van der Waals surface area contributed by atoms with E-state index in [1.807, 2.05) is 45.2 Å². The topological polar surface area (TPSA) is 59.8 Å². The third kappa shape index (κ3) is 3.59. The van der Waals surface area contributed by atoms with Crippen LogP contribution in [0.2, 0.25) is 0 Å². The fourth-order valence-electron chi connectivity index (χ4n) is 2.80. The summed E-state index contributed by atoms with van der Waals surface area (Å²) >= 11 is 4.91. The van der Waals surface area contributed by atoms with Crippen LogP contribution in [0, 0.1) is 13.8 Å². The summed E-state index contributed by atoms with van der Waals surface area (Å²) in [6, 6.07) is 7.99. The van der Waals surface area contributed by atoms with E-state index in [2.05, 4.69) is 45.2 Å². The number of rotatable bonds is 4. The molecule has 0 radical (unpaired) electrons. The Morgan fingerprint density at radius 3 is 2.42 bits per heavy atom. The highest BCUT2D eigenvalue weighted by Crippen LogP contribution is 2.33. The highest BCUT2D eigenvalue weighted by Gasteiger charge is 2.21. The van der Waals surface area contributed by atoms with Crippen LogP contribution in [0.25, 0.3) is 11.1 Å². The highest BCUT2D eigenvalue weighted by atomic mass is 79.9. The standard InChI is InChI=1S/C19H21BrN4OS/c1-10(2)19-21-12(4)16(26-19)18(25)22-17-15(11(3)23-24(17)5)13-6-8-14(20)9-7-13/h6-10H,1-5H3,(H,22,25). The van der Waals surface area contributed by atoms with Gasteiger partial charge in [0.15, 0.2) is 0 Å². The van der Waals surface area contributed by atoms with E-state index < -0.39 is 0 Å². The van der Waals surface area contributed by atoms with Gasteiger partial charge in [-0.25, -0.2) is 4.98 Å². The first-order valence-electron chi connectivity index (χ1n) is 8.36. The van der Waals surface area contributed by atoms with Gasteiger partial charge in [-0.15, -0.1) is 11.3 Å². The second-order valence-electron chi connectivity index (χ2n) is 6.51. The van der Waals surface area contributed by atoms with Crippen LogP contribution in [0.1, 0.15) is 45.8 Å². The van der Waals surface area contributed by atoms with E-state index in [9.17, 15) is 4.79 Å². The Labute approximate surface area is 165 Å². The summed E-state index contributed by atoms with van der Waals surface area (Å²) in [5.74, 6) is 0.847. The molecular formula is C19H21BrN4OS. The Morgan fingerprint density at radius 2 is 1.85 bits per heavy atom. The number of hydrogen-bond acceptors (Lipinski definition) is 4. The lowest BCUT2D eigenvalue weighted by Gasteiger charge is -2.09. The molecule has 0 atom stereocenters. The predicted octanol–water partition coefficient (Wildman–Crippen LogP) is 5.30. The normalized spacial score (nSPS) is 11.2. The van der Waals surface area contributed by atoms with Crippen LogP contribution in [0.4, 0.5) is 5.82 Å². The molecule has 0 aliphatic rings. The molecule has 0 spiro atoms. The van der Waals surface area contributed by atoms with Crippen molar-refractivity contribution in [1.29, 1.82) is 0 Å². The fourth-order valence-corrected chi connectivity index (χ4v) is 4.03. The average molecular weight is 433 g/mol. The second-order valence-corrected chi connectivity index (χ2v) is 8.46. The van der Waals surface area contributed by atoms with Crippen molar-refractivity contribution in [3.63, 3.8) is 0 Å². The van der Waals surface area contributed by atoms with Crippen LogP contribution in [-0.4, -0.2) is 20.7 Å². The summed E-state index contributed by atoms with van der Waals surface area (Å²) in [4.78, 5) is 18.0. The molecule has 0 unspecified atom stereocenters. The second kappa shape index (κ2) is 7.32. The molecule has 7 heteroatoms. The number of aryl methyl sites for hydroxylation is 3. The molecule has 1 amide bonds. The number of anilines is 1. The maximum atomic E-state index is 12.9. The molecule has 5 nitrogen and oxygen atoms in total. The molecule has 1 aromatic carbocycles. The van der Waals surface area contributed by atoms with Crippen molar-refractivity contribution in [2.75, 3.05) is 5.32 Å². The van der Waals surface area contributed by atoms with Crippen molar-refractivity contribution in [2.24, 2.45) is 7.05 Å². The Morgan fingerprint density at radius 1 is 1.19 bits per heavy atom. The van der Waals surface area contributed by atoms with Crippen molar-refractivity contribution < 1.29 is 4.79 Å². The first kappa shape index (κ1) is 18.8. The van der Waals surface area contributed by atoms with Crippen LogP contribution in [0.5, 0.6) is 0 Å². The van der Waals surface area contributed by atoms with E-state index in [1.165, 1.54) is 11.3 Å². The van der Waals surface area contributed by atoms with Gasteiger partial charge in [0.05, 0.1) is 16.4 Å². The zero-order chi connectivity index (χ0) is 19.0. The van der Waals surface area contributed by atoms with E-state index in [-0.39, 0.29) is 5.91 Å². The molecule has 0 saturated heterocycles. The number of benzene rings is 1. The summed E-state index contributed by atoms with van der Waals surface area (Å²) in [5.41, 5.74) is 3.58.